The third kappa shape index (κ3) is 4.47. The number of imidazole rings is 1. The van der Waals surface area contributed by atoms with Gasteiger partial charge in [-0.2, -0.15) is 0 Å². The van der Waals surface area contributed by atoms with Crippen LogP contribution in [0.15, 0.2) is 12.4 Å². The zero-order chi connectivity index (χ0) is 14.2. The Morgan fingerprint density at radius 3 is 3.00 bits per heavy atom. The second kappa shape index (κ2) is 8.24. The molecule has 1 aromatic heterocycles. The zero-order valence-corrected chi connectivity index (χ0v) is 12.5. The number of morpholine rings is 1. The lowest BCUT2D eigenvalue weighted by molar-refractivity contribution is 0.0378. The van der Waals surface area contributed by atoms with Crippen molar-refractivity contribution in [3.8, 4) is 0 Å². The number of methoxy groups -OCH3 is 1. The van der Waals surface area contributed by atoms with Crippen LogP contribution in [0.5, 0.6) is 0 Å². The van der Waals surface area contributed by atoms with Crippen molar-refractivity contribution in [1.29, 1.82) is 0 Å². The van der Waals surface area contributed by atoms with Crippen LogP contribution in [0, 0.1) is 0 Å². The van der Waals surface area contributed by atoms with Gasteiger partial charge in [0.25, 0.3) is 0 Å². The van der Waals surface area contributed by atoms with Crippen LogP contribution in [-0.2, 0) is 9.47 Å². The molecular formula is C14H26N4O2. The summed E-state index contributed by atoms with van der Waals surface area (Å²) < 4.78 is 12.7. The summed E-state index contributed by atoms with van der Waals surface area (Å²) in [6.07, 6.45) is 4.94. The number of rotatable bonds is 8. The molecule has 1 aromatic rings. The predicted molar refractivity (Wildman–Crippen MR) is 79.2 cm³/mol. The summed E-state index contributed by atoms with van der Waals surface area (Å²) in [5.41, 5.74) is 0. The third-order valence-electron chi connectivity index (χ3n) is 3.59. The fourth-order valence-electron chi connectivity index (χ4n) is 2.45. The van der Waals surface area contributed by atoms with E-state index >= 15 is 0 Å². The molecule has 0 bridgehead atoms. The van der Waals surface area contributed by atoms with E-state index in [9.17, 15) is 0 Å². The van der Waals surface area contributed by atoms with Crippen LogP contribution in [-0.4, -0.2) is 67.6 Å². The molecule has 0 aliphatic carbocycles. The van der Waals surface area contributed by atoms with E-state index in [4.69, 9.17) is 9.47 Å². The molecule has 0 radical (unpaired) electrons. The van der Waals surface area contributed by atoms with Gasteiger partial charge in [-0.25, -0.2) is 4.98 Å². The molecule has 0 amide bonds. The van der Waals surface area contributed by atoms with Crippen molar-refractivity contribution in [1.82, 2.24) is 14.5 Å². The normalized spacial score (nSPS) is 18.1. The molecule has 2 heterocycles. The first-order valence-corrected chi connectivity index (χ1v) is 7.37. The molecule has 1 N–H and O–H groups in total. The van der Waals surface area contributed by atoms with Gasteiger partial charge in [0.15, 0.2) is 0 Å². The van der Waals surface area contributed by atoms with Crippen molar-refractivity contribution < 1.29 is 9.47 Å². The van der Waals surface area contributed by atoms with Crippen LogP contribution in [0.25, 0.3) is 0 Å². The van der Waals surface area contributed by atoms with Gasteiger partial charge in [0, 0.05) is 39.1 Å². The van der Waals surface area contributed by atoms with Gasteiger partial charge in [-0.3, -0.25) is 4.90 Å². The number of aromatic nitrogens is 2. The Balaban J connectivity index is 1.69. The standard InChI is InChI=1S/C14H26N4O2/c1-13(12-19-2)18-7-5-16-14(18)15-4-3-6-17-8-10-20-11-9-17/h5,7,13H,3-4,6,8-12H2,1-2H3,(H,15,16). The number of hydrogen-bond donors (Lipinski definition) is 1. The van der Waals surface area contributed by atoms with Crippen molar-refractivity contribution in [2.24, 2.45) is 0 Å². The largest absolute Gasteiger partial charge is 0.383 e. The second-order valence-electron chi connectivity index (χ2n) is 5.20. The van der Waals surface area contributed by atoms with Crippen LogP contribution in [0.4, 0.5) is 5.95 Å². The van der Waals surface area contributed by atoms with Crippen LogP contribution in [0.3, 0.4) is 0 Å². The van der Waals surface area contributed by atoms with Crippen LogP contribution in [0.2, 0.25) is 0 Å². The molecule has 2 rings (SSSR count). The molecule has 20 heavy (non-hydrogen) atoms. The van der Waals surface area contributed by atoms with E-state index in [0.717, 1.165) is 51.8 Å². The summed E-state index contributed by atoms with van der Waals surface area (Å²) in [7, 11) is 1.73. The molecule has 6 nitrogen and oxygen atoms in total. The van der Waals surface area contributed by atoms with Gasteiger partial charge in [-0.15, -0.1) is 0 Å². The first-order valence-electron chi connectivity index (χ1n) is 7.37. The molecule has 0 saturated carbocycles. The maximum absolute atomic E-state index is 5.35. The molecule has 1 fully saturated rings. The van der Waals surface area contributed by atoms with E-state index < -0.39 is 0 Å². The summed E-state index contributed by atoms with van der Waals surface area (Å²) >= 11 is 0. The summed E-state index contributed by atoms with van der Waals surface area (Å²) in [5, 5.41) is 3.41. The first-order chi connectivity index (χ1) is 9.81. The molecule has 1 aliphatic heterocycles. The van der Waals surface area contributed by atoms with Crippen molar-refractivity contribution in [3.63, 3.8) is 0 Å². The van der Waals surface area contributed by atoms with Crippen LogP contribution >= 0.6 is 0 Å². The van der Waals surface area contributed by atoms with Crippen LogP contribution < -0.4 is 5.32 Å². The topological polar surface area (TPSA) is 51.5 Å². The summed E-state index contributed by atoms with van der Waals surface area (Å²) in [5.74, 6) is 0.927. The highest BCUT2D eigenvalue weighted by atomic mass is 16.5. The Kier molecular flexibility index (Phi) is 6.29. The minimum atomic E-state index is 0.296. The maximum atomic E-state index is 5.35. The Labute approximate surface area is 121 Å². The van der Waals surface area contributed by atoms with Crippen molar-refractivity contribution in [3.05, 3.63) is 12.4 Å². The Morgan fingerprint density at radius 1 is 1.45 bits per heavy atom. The van der Waals surface area contributed by atoms with Crippen molar-refractivity contribution in [2.45, 2.75) is 19.4 Å². The number of ether oxygens (including phenoxy) is 2. The predicted octanol–water partition coefficient (Wildman–Crippen LogP) is 1.22. The van der Waals surface area contributed by atoms with E-state index in [1.54, 1.807) is 7.11 Å². The lowest BCUT2D eigenvalue weighted by Crippen LogP contribution is -2.37. The van der Waals surface area contributed by atoms with Gasteiger partial charge < -0.3 is 19.4 Å². The third-order valence-corrected chi connectivity index (χ3v) is 3.59. The number of nitrogens with one attached hydrogen (secondary N) is 1. The molecule has 0 spiro atoms. The smallest absolute Gasteiger partial charge is 0.203 e. The molecule has 1 saturated heterocycles. The summed E-state index contributed by atoms with van der Waals surface area (Å²) in [4.78, 5) is 6.82. The summed E-state index contributed by atoms with van der Waals surface area (Å²) in [6, 6.07) is 0.296. The van der Waals surface area contributed by atoms with Gasteiger partial charge in [0.2, 0.25) is 5.95 Å². The number of anilines is 1. The summed E-state index contributed by atoms with van der Waals surface area (Å²) in [6.45, 7) is 8.72. The lowest BCUT2D eigenvalue weighted by Gasteiger charge is -2.26. The van der Waals surface area contributed by atoms with E-state index in [0.29, 0.717) is 12.6 Å². The first kappa shape index (κ1) is 15.3. The van der Waals surface area contributed by atoms with Crippen molar-refractivity contribution >= 4 is 5.95 Å². The quantitative estimate of drug-likeness (QED) is 0.727. The van der Waals surface area contributed by atoms with Gasteiger partial charge in [-0.05, 0) is 19.9 Å². The monoisotopic (exact) mass is 282 g/mol. The Hall–Kier alpha value is -1.11. The fourth-order valence-corrected chi connectivity index (χ4v) is 2.45. The van der Waals surface area contributed by atoms with Gasteiger partial charge in [0.05, 0.1) is 25.9 Å². The zero-order valence-electron chi connectivity index (χ0n) is 12.5. The highest BCUT2D eigenvalue weighted by Gasteiger charge is 2.11. The fraction of sp³-hybridized carbons (Fsp3) is 0.786. The Morgan fingerprint density at radius 2 is 2.25 bits per heavy atom. The highest BCUT2D eigenvalue weighted by molar-refractivity contribution is 5.26. The van der Waals surface area contributed by atoms with E-state index in [2.05, 4.69) is 26.7 Å². The SMILES string of the molecule is COCC(C)n1ccnc1NCCCN1CCOCC1. The average molecular weight is 282 g/mol. The average Bonchev–Trinajstić information content (AvgIpc) is 2.93. The highest BCUT2D eigenvalue weighted by Crippen LogP contribution is 2.13. The maximum Gasteiger partial charge on any atom is 0.203 e. The van der Waals surface area contributed by atoms with Crippen LogP contribution in [0.1, 0.15) is 19.4 Å². The molecule has 6 heteroatoms. The molecule has 1 atom stereocenters. The molecule has 114 valence electrons. The molecule has 0 aromatic carbocycles. The lowest BCUT2D eigenvalue weighted by atomic mass is 10.3. The molecular weight excluding hydrogens is 256 g/mol. The Bertz CT molecular complexity index is 377. The van der Waals surface area contributed by atoms with Gasteiger partial charge >= 0.3 is 0 Å². The molecule has 1 unspecified atom stereocenters. The van der Waals surface area contributed by atoms with Gasteiger partial charge in [0.1, 0.15) is 0 Å². The molecule has 1 aliphatic rings. The minimum Gasteiger partial charge on any atom is -0.383 e. The van der Waals surface area contributed by atoms with E-state index in [-0.39, 0.29) is 0 Å². The number of hydrogen-bond acceptors (Lipinski definition) is 5. The van der Waals surface area contributed by atoms with Crippen molar-refractivity contribution in [2.75, 3.05) is 58.4 Å². The van der Waals surface area contributed by atoms with E-state index in [1.165, 1.54) is 0 Å². The second-order valence-corrected chi connectivity index (χ2v) is 5.20. The van der Waals surface area contributed by atoms with Gasteiger partial charge in [-0.1, -0.05) is 0 Å². The van der Waals surface area contributed by atoms with E-state index in [1.807, 2.05) is 12.4 Å². The number of nitrogens with zero attached hydrogens (tertiary/aromatic N) is 3. The minimum absolute atomic E-state index is 0.296.